The largest absolute Gasteiger partial charge is 0.337 e. The fraction of sp³-hybridized carbons (Fsp3) is 0.211. The van der Waals surface area contributed by atoms with Crippen LogP contribution in [0.5, 0.6) is 0 Å². The molecule has 1 aromatic heterocycles. The predicted molar refractivity (Wildman–Crippen MR) is 91.0 cm³/mol. The van der Waals surface area contributed by atoms with Crippen molar-refractivity contribution in [2.45, 2.75) is 19.4 Å². The summed E-state index contributed by atoms with van der Waals surface area (Å²) in [4.78, 5) is 4.11. The Labute approximate surface area is 140 Å². The van der Waals surface area contributed by atoms with Gasteiger partial charge in [0.15, 0.2) is 0 Å². The van der Waals surface area contributed by atoms with Crippen molar-refractivity contribution in [3.05, 3.63) is 89.2 Å². The molecular formula is C19H18ClFN2. The lowest BCUT2D eigenvalue weighted by Crippen LogP contribution is -2.15. The van der Waals surface area contributed by atoms with E-state index in [1.165, 1.54) is 12.1 Å². The van der Waals surface area contributed by atoms with Gasteiger partial charge in [-0.25, -0.2) is 9.37 Å². The molecule has 1 heterocycles. The monoisotopic (exact) mass is 328 g/mol. The van der Waals surface area contributed by atoms with Gasteiger partial charge >= 0.3 is 0 Å². The minimum absolute atomic E-state index is 0.203. The molecule has 0 N–H and O–H groups in total. The number of rotatable bonds is 6. The summed E-state index contributed by atoms with van der Waals surface area (Å²) < 4.78 is 15.2. The molecule has 1 unspecified atom stereocenters. The van der Waals surface area contributed by atoms with Gasteiger partial charge in [-0.2, -0.15) is 0 Å². The molecule has 2 nitrogen and oxygen atoms in total. The summed E-state index contributed by atoms with van der Waals surface area (Å²) >= 11 is 6.31. The van der Waals surface area contributed by atoms with E-state index in [1.807, 2.05) is 42.9 Å². The molecule has 0 aliphatic heterocycles. The van der Waals surface area contributed by atoms with E-state index in [-0.39, 0.29) is 5.82 Å². The van der Waals surface area contributed by atoms with Crippen molar-refractivity contribution >= 4 is 11.6 Å². The first-order chi connectivity index (χ1) is 11.2. The van der Waals surface area contributed by atoms with Gasteiger partial charge in [-0.1, -0.05) is 41.9 Å². The molecule has 2 aromatic carbocycles. The van der Waals surface area contributed by atoms with Crippen LogP contribution in [0.1, 0.15) is 11.1 Å². The highest BCUT2D eigenvalue weighted by Crippen LogP contribution is 2.22. The first-order valence-corrected chi connectivity index (χ1v) is 8.02. The molecule has 0 saturated heterocycles. The number of aromatic nitrogens is 2. The number of imidazole rings is 1. The quantitative estimate of drug-likeness (QED) is 0.637. The molecule has 3 aromatic rings. The fourth-order valence-electron chi connectivity index (χ4n) is 2.82. The topological polar surface area (TPSA) is 17.8 Å². The van der Waals surface area contributed by atoms with Gasteiger partial charge in [-0.15, -0.1) is 0 Å². The van der Waals surface area contributed by atoms with E-state index < -0.39 is 0 Å². The van der Waals surface area contributed by atoms with Gasteiger partial charge in [0.1, 0.15) is 5.82 Å². The normalized spacial score (nSPS) is 12.3. The maximum Gasteiger partial charge on any atom is 0.123 e. The number of benzene rings is 2. The minimum Gasteiger partial charge on any atom is -0.337 e. The van der Waals surface area contributed by atoms with Gasteiger partial charge in [-0.05, 0) is 48.1 Å². The molecular weight excluding hydrogens is 311 g/mol. The maximum atomic E-state index is 13.1. The Morgan fingerprint density at radius 3 is 2.52 bits per heavy atom. The Hall–Kier alpha value is -2.13. The van der Waals surface area contributed by atoms with Crippen molar-refractivity contribution < 1.29 is 4.39 Å². The van der Waals surface area contributed by atoms with Crippen molar-refractivity contribution in [2.24, 2.45) is 5.92 Å². The van der Waals surface area contributed by atoms with Gasteiger partial charge in [0.25, 0.3) is 0 Å². The van der Waals surface area contributed by atoms with Crippen molar-refractivity contribution in [3.8, 4) is 0 Å². The Morgan fingerprint density at radius 2 is 1.83 bits per heavy atom. The van der Waals surface area contributed by atoms with Crippen LogP contribution in [0.4, 0.5) is 4.39 Å². The Bertz CT molecular complexity index is 738. The third-order valence-corrected chi connectivity index (χ3v) is 4.30. The van der Waals surface area contributed by atoms with Crippen LogP contribution in [-0.2, 0) is 19.4 Å². The predicted octanol–water partition coefficient (Wildman–Crippen LogP) is 4.78. The second kappa shape index (κ2) is 7.42. The van der Waals surface area contributed by atoms with Gasteiger partial charge in [0, 0.05) is 24.0 Å². The summed E-state index contributed by atoms with van der Waals surface area (Å²) in [5.41, 5.74) is 2.27. The number of hydrogen-bond acceptors (Lipinski definition) is 1. The lowest BCUT2D eigenvalue weighted by molar-refractivity contribution is 0.438. The van der Waals surface area contributed by atoms with Gasteiger partial charge in [0.05, 0.1) is 6.33 Å². The lowest BCUT2D eigenvalue weighted by Gasteiger charge is -2.18. The molecule has 0 amide bonds. The van der Waals surface area contributed by atoms with Crippen molar-refractivity contribution in [3.63, 3.8) is 0 Å². The smallest absolute Gasteiger partial charge is 0.123 e. The number of nitrogens with zero attached hydrogens (tertiary/aromatic N) is 2. The first kappa shape index (κ1) is 15.8. The summed E-state index contributed by atoms with van der Waals surface area (Å²) in [6.45, 7) is 0.850. The molecule has 0 aliphatic rings. The van der Waals surface area contributed by atoms with E-state index in [4.69, 9.17) is 11.6 Å². The first-order valence-electron chi connectivity index (χ1n) is 7.64. The van der Waals surface area contributed by atoms with E-state index in [1.54, 1.807) is 6.20 Å². The van der Waals surface area contributed by atoms with Crippen molar-refractivity contribution in [1.82, 2.24) is 9.55 Å². The molecule has 0 radical (unpaired) electrons. The van der Waals surface area contributed by atoms with E-state index in [0.29, 0.717) is 5.92 Å². The summed E-state index contributed by atoms with van der Waals surface area (Å²) in [6, 6.07) is 14.7. The molecule has 118 valence electrons. The maximum absolute atomic E-state index is 13.1. The van der Waals surface area contributed by atoms with E-state index in [9.17, 15) is 4.39 Å². The molecule has 0 aliphatic carbocycles. The number of halogens is 2. The molecule has 0 bridgehead atoms. The molecule has 0 spiro atoms. The van der Waals surface area contributed by atoms with Crippen molar-refractivity contribution in [1.29, 1.82) is 0 Å². The molecule has 0 saturated carbocycles. The van der Waals surface area contributed by atoms with Crippen LogP contribution in [-0.4, -0.2) is 9.55 Å². The summed E-state index contributed by atoms with van der Waals surface area (Å²) in [7, 11) is 0. The van der Waals surface area contributed by atoms with Crippen LogP contribution in [0.3, 0.4) is 0 Å². The Kier molecular flexibility index (Phi) is 5.09. The molecule has 3 rings (SSSR count). The van der Waals surface area contributed by atoms with Gasteiger partial charge < -0.3 is 4.57 Å². The van der Waals surface area contributed by atoms with Crippen LogP contribution in [0, 0.1) is 11.7 Å². The van der Waals surface area contributed by atoms with Gasteiger partial charge in [0.2, 0.25) is 0 Å². The highest BCUT2D eigenvalue weighted by Gasteiger charge is 2.13. The van der Waals surface area contributed by atoms with Gasteiger partial charge in [-0.3, -0.25) is 0 Å². The summed E-state index contributed by atoms with van der Waals surface area (Å²) in [5.74, 6) is 0.153. The van der Waals surface area contributed by atoms with Crippen LogP contribution in [0.2, 0.25) is 5.02 Å². The Balaban J connectivity index is 1.78. The summed E-state index contributed by atoms with van der Waals surface area (Å²) in [6.07, 6.45) is 7.30. The fourth-order valence-corrected chi connectivity index (χ4v) is 3.04. The standard InChI is InChI=1S/C19H18ClFN2/c20-19-4-2-1-3-17(19)12-16(13-23-10-9-22-14-23)11-15-5-7-18(21)8-6-15/h1-10,14,16H,11-13H2. The SMILES string of the molecule is Fc1ccc(CC(Cc2ccccc2Cl)Cn2ccnc2)cc1. The van der Waals surface area contributed by atoms with Crippen molar-refractivity contribution in [2.75, 3.05) is 0 Å². The average molecular weight is 329 g/mol. The third kappa shape index (κ3) is 4.42. The van der Waals surface area contributed by atoms with Crippen LogP contribution in [0.15, 0.2) is 67.3 Å². The number of hydrogen-bond donors (Lipinski definition) is 0. The van der Waals surface area contributed by atoms with E-state index in [2.05, 4.69) is 15.6 Å². The highest BCUT2D eigenvalue weighted by molar-refractivity contribution is 6.31. The second-order valence-corrected chi connectivity index (χ2v) is 6.16. The van der Waals surface area contributed by atoms with E-state index in [0.717, 1.165) is 35.5 Å². The third-order valence-electron chi connectivity index (χ3n) is 3.93. The zero-order chi connectivity index (χ0) is 16.1. The second-order valence-electron chi connectivity index (χ2n) is 5.75. The highest BCUT2D eigenvalue weighted by atomic mass is 35.5. The molecule has 0 fully saturated rings. The zero-order valence-corrected chi connectivity index (χ0v) is 13.5. The zero-order valence-electron chi connectivity index (χ0n) is 12.7. The van der Waals surface area contributed by atoms with Crippen LogP contribution < -0.4 is 0 Å². The van der Waals surface area contributed by atoms with Crippen LogP contribution >= 0.6 is 11.6 Å². The molecule has 1 atom stereocenters. The van der Waals surface area contributed by atoms with E-state index >= 15 is 0 Å². The molecule has 4 heteroatoms. The lowest BCUT2D eigenvalue weighted by atomic mass is 9.92. The van der Waals surface area contributed by atoms with Crippen LogP contribution in [0.25, 0.3) is 0 Å². The molecule has 23 heavy (non-hydrogen) atoms. The minimum atomic E-state index is -0.203. The summed E-state index contributed by atoms with van der Waals surface area (Å²) in [5, 5.41) is 0.794. The Morgan fingerprint density at radius 1 is 1.04 bits per heavy atom. The average Bonchev–Trinajstić information content (AvgIpc) is 3.05.